The summed E-state index contributed by atoms with van der Waals surface area (Å²) in [4.78, 5) is 24.2. The highest BCUT2D eigenvalue weighted by molar-refractivity contribution is 7.92. The predicted octanol–water partition coefficient (Wildman–Crippen LogP) is 2.87. The molecule has 1 aromatic carbocycles. The lowest BCUT2D eigenvalue weighted by molar-refractivity contribution is 0.101. The fraction of sp³-hybridized carbons (Fsp3) is 0.500. The van der Waals surface area contributed by atoms with Crippen molar-refractivity contribution in [2.75, 3.05) is 24.4 Å². The third-order valence-electron chi connectivity index (χ3n) is 4.04. The van der Waals surface area contributed by atoms with Gasteiger partial charge in [0.25, 0.3) is 5.91 Å². The van der Waals surface area contributed by atoms with Crippen LogP contribution in [-0.4, -0.2) is 35.2 Å². The lowest BCUT2D eigenvalue weighted by Gasteiger charge is -2.15. The van der Waals surface area contributed by atoms with Crippen molar-refractivity contribution in [2.45, 2.75) is 26.2 Å². The first-order valence-corrected chi connectivity index (χ1v) is 9.93. The van der Waals surface area contributed by atoms with E-state index in [-0.39, 0.29) is 17.0 Å². The van der Waals surface area contributed by atoms with Crippen molar-refractivity contribution in [1.29, 1.82) is 0 Å². The summed E-state index contributed by atoms with van der Waals surface area (Å²) < 4.78 is 15.3. The van der Waals surface area contributed by atoms with Crippen LogP contribution in [0.4, 0.5) is 10.5 Å². The molecule has 6 nitrogen and oxygen atoms in total. The molecule has 0 saturated heterocycles. The van der Waals surface area contributed by atoms with Gasteiger partial charge in [-0.15, -0.1) is 0 Å². The molecule has 1 saturated carbocycles. The number of benzene rings is 1. The third-order valence-corrected chi connectivity index (χ3v) is 4.64. The molecule has 1 fully saturated rings. The largest absolute Gasteiger partial charge is 0.337 e. The monoisotopic (exact) mass is 337 g/mol. The zero-order valence-corrected chi connectivity index (χ0v) is 14.5. The summed E-state index contributed by atoms with van der Waals surface area (Å²) >= 11 is 0. The van der Waals surface area contributed by atoms with E-state index in [4.69, 9.17) is 0 Å². The highest BCUT2D eigenvalue weighted by Gasteiger charge is 2.40. The number of hydrogen-bond donors (Lipinski definition) is 2. The SMILES string of the molecule is CCC1(CNC(=O)Nc2ccccc2C(=O)N=S(C)(C)=O)CC1. The molecule has 0 spiro atoms. The summed E-state index contributed by atoms with van der Waals surface area (Å²) in [7, 11) is -2.54. The molecule has 0 aliphatic heterocycles. The van der Waals surface area contributed by atoms with Crippen molar-refractivity contribution in [3.63, 3.8) is 0 Å². The number of anilines is 1. The fourth-order valence-corrected chi connectivity index (χ4v) is 2.79. The zero-order valence-electron chi connectivity index (χ0n) is 13.7. The molecule has 2 rings (SSSR count). The minimum absolute atomic E-state index is 0.232. The Morgan fingerprint density at radius 1 is 1.26 bits per heavy atom. The molecule has 1 aliphatic carbocycles. The molecule has 2 N–H and O–H groups in total. The Kier molecular flexibility index (Phi) is 5.09. The maximum atomic E-state index is 12.1. The van der Waals surface area contributed by atoms with Crippen LogP contribution < -0.4 is 10.6 Å². The molecule has 0 bridgehead atoms. The highest BCUT2D eigenvalue weighted by Crippen LogP contribution is 2.47. The smallest absolute Gasteiger partial charge is 0.319 e. The molecule has 1 aromatic rings. The summed E-state index contributed by atoms with van der Waals surface area (Å²) in [5, 5.41) is 5.53. The van der Waals surface area contributed by atoms with Gasteiger partial charge in [0.2, 0.25) is 0 Å². The van der Waals surface area contributed by atoms with Crippen LogP contribution in [0.3, 0.4) is 0 Å². The normalized spacial score (nSPS) is 15.6. The van der Waals surface area contributed by atoms with E-state index in [1.54, 1.807) is 24.3 Å². The Hall–Kier alpha value is -1.89. The summed E-state index contributed by atoms with van der Waals surface area (Å²) in [6.07, 6.45) is 6.11. The van der Waals surface area contributed by atoms with Gasteiger partial charge in [0.1, 0.15) is 0 Å². The number of carbonyl (C=O) groups is 2. The standard InChI is InChI=1S/C16H23N3O3S/c1-4-16(9-10-16)11-17-15(21)18-13-8-6-5-7-12(13)14(20)19-23(2,3)22/h5-8H,4,9-11H2,1-3H3,(H2,17,18,21). The maximum absolute atomic E-state index is 12.1. The summed E-state index contributed by atoms with van der Waals surface area (Å²) in [5.74, 6) is -0.594. The van der Waals surface area contributed by atoms with Crippen LogP contribution in [0.15, 0.2) is 28.6 Å². The second kappa shape index (κ2) is 6.70. The number of para-hydroxylation sites is 1. The Labute approximate surface area is 137 Å². The first-order chi connectivity index (χ1) is 10.7. The lowest BCUT2D eigenvalue weighted by Crippen LogP contribution is -2.34. The van der Waals surface area contributed by atoms with E-state index < -0.39 is 15.6 Å². The first kappa shape index (κ1) is 17.5. The molecule has 0 heterocycles. The van der Waals surface area contributed by atoms with Crippen molar-refractivity contribution in [3.8, 4) is 0 Å². The molecule has 1 aliphatic rings. The second-order valence-corrected chi connectivity index (χ2v) is 8.83. The zero-order chi connectivity index (χ0) is 17.1. The topological polar surface area (TPSA) is 87.6 Å². The predicted molar refractivity (Wildman–Crippen MR) is 92.2 cm³/mol. The summed E-state index contributed by atoms with van der Waals surface area (Å²) in [6.45, 7) is 2.75. The number of amides is 3. The average molecular weight is 337 g/mol. The van der Waals surface area contributed by atoms with Crippen molar-refractivity contribution in [3.05, 3.63) is 29.8 Å². The van der Waals surface area contributed by atoms with Gasteiger partial charge in [0.15, 0.2) is 0 Å². The third kappa shape index (κ3) is 5.06. The Balaban J connectivity index is 2.07. The molecule has 3 amide bonds. The number of nitrogens with zero attached hydrogens (tertiary/aromatic N) is 1. The average Bonchev–Trinajstić information content (AvgIpc) is 3.24. The van der Waals surface area contributed by atoms with E-state index in [0.717, 1.165) is 19.3 Å². The number of urea groups is 1. The van der Waals surface area contributed by atoms with E-state index >= 15 is 0 Å². The van der Waals surface area contributed by atoms with Gasteiger partial charge in [-0.1, -0.05) is 19.1 Å². The van der Waals surface area contributed by atoms with E-state index in [1.807, 2.05) is 0 Å². The van der Waals surface area contributed by atoms with Gasteiger partial charge in [-0.2, -0.15) is 4.36 Å². The van der Waals surface area contributed by atoms with Crippen molar-refractivity contribution in [2.24, 2.45) is 9.78 Å². The number of carbonyl (C=O) groups excluding carboxylic acids is 2. The van der Waals surface area contributed by atoms with Crippen molar-refractivity contribution < 1.29 is 13.8 Å². The molecular formula is C16H23N3O3S. The van der Waals surface area contributed by atoms with Crippen LogP contribution in [0.5, 0.6) is 0 Å². The Bertz CT molecular complexity index is 724. The number of nitrogens with one attached hydrogen (secondary N) is 2. The molecule has 0 atom stereocenters. The lowest BCUT2D eigenvalue weighted by atomic mass is 10.0. The quantitative estimate of drug-likeness (QED) is 0.866. The van der Waals surface area contributed by atoms with Crippen LogP contribution in [0, 0.1) is 5.41 Å². The van der Waals surface area contributed by atoms with Crippen molar-refractivity contribution in [1.82, 2.24) is 5.32 Å². The maximum Gasteiger partial charge on any atom is 0.319 e. The summed E-state index contributed by atoms with van der Waals surface area (Å²) in [6, 6.07) is 6.23. The highest BCUT2D eigenvalue weighted by atomic mass is 32.2. The van der Waals surface area contributed by atoms with Gasteiger partial charge in [0, 0.05) is 28.8 Å². The molecule has 23 heavy (non-hydrogen) atoms. The molecule has 0 unspecified atom stereocenters. The van der Waals surface area contributed by atoms with Crippen molar-refractivity contribution >= 4 is 27.4 Å². The second-order valence-electron chi connectivity index (χ2n) is 6.28. The van der Waals surface area contributed by atoms with E-state index in [9.17, 15) is 13.8 Å². The molecule has 0 aromatic heterocycles. The van der Waals surface area contributed by atoms with Gasteiger partial charge >= 0.3 is 6.03 Å². The van der Waals surface area contributed by atoms with Crippen LogP contribution >= 0.6 is 0 Å². The molecule has 126 valence electrons. The van der Waals surface area contributed by atoms with Gasteiger partial charge in [-0.05, 0) is 36.8 Å². The van der Waals surface area contributed by atoms with Gasteiger partial charge < -0.3 is 10.6 Å². The molecular weight excluding hydrogens is 314 g/mol. The Morgan fingerprint density at radius 3 is 2.48 bits per heavy atom. The summed E-state index contributed by atoms with van der Waals surface area (Å²) in [5.41, 5.74) is 0.845. The minimum Gasteiger partial charge on any atom is -0.337 e. The minimum atomic E-state index is -2.54. The van der Waals surface area contributed by atoms with E-state index in [0.29, 0.717) is 12.2 Å². The number of hydrogen-bond acceptors (Lipinski definition) is 3. The van der Waals surface area contributed by atoms with Gasteiger partial charge in [0.05, 0.1) is 11.3 Å². The van der Waals surface area contributed by atoms with E-state index in [1.165, 1.54) is 12.5 Å². The molecule has 0 radical (unpaired) electrons. The van der Waals surface area contributed by atoms with Crippen LogP contribution in [-0.2, 0) is 9.73 Å². The van der Waals surface area contributed by atoms with Gasteiger partial charge in [-0.3, -0.25) is 4.79 Å². The van der Waals surface area contributed by atoms with Gasteiger partial charge in [-0.25, -0.2) is 9.00 Å². The number of rotatable bonds is 5. The van der Waals surface area contributed by atoms with Crippen LogP contribution in [0.2, 0.25) is 0 Å². The first-order valence-electron chi connectivity index (χ1n) is 7.60. The fourth-order valence-electron chi connectivity index (χ4n) is 2.29. The van der Waals surface area contributed by atoms with E-state index in [2.05, 4.69) is 21.9 Å². The Morgan fingerprint density at radius 2 is 1.91 bits per heavy atom. The van der Waals surface area contributed by atoms with Crippen LogP contribution in [0.1, 0.15) is 36.5 Å². The van der Waals surface area contributed by atoms with Crippen LogP contribution in [0.25, 0.3) is 0 Å². The molecule has 7 heteroatoms.